The molecule has 1 aromatic heterocycles. The Bertz CT molecular complexity index is 1210. The molecular weight excluding hydrogens is 464 g/mol. The van der Waals surface area contributed by atoms with Gasteiger partial charge in [0.25, 0.3) is 21.8 Å². The van der Waals surface area contributed by atoms with Crippen LogP contribution in [0.25, 0.3) is 0 Å². The highest BCUT2D eigenvalue weighted by atomic mass is 32.2. The van der Waals surface area contributed by atoms with Crippen molar-refractivity contribution in [2.75, 3.05) is 25.0 Å². The second-order valence-electron chi connectivity index (χ2n) is 7.86. The molecule has 2 N–H and O–H groups in total. The number of hydrogen-bond acceptors (Lipinski definition) is 8. The number of nitrogens with one attached hydrogen (secondary N) is 2. The molecule has 0 spiro atoms. The molecule has 11 nitrogen and oxygen atoms in total. The van der Waals surface area contributed by atoms with Crippen LogP contribution in [0.15, 0.2) is 57.0 Å². The van der Waals surface area contributed by atoms with E-state index in [4.69, 9.17) is 9.15 Å². The number of likely N-dealkylation sites (tertiary alicyclic amines) is 1. The Labute approximate surface area is 196 Å². The fraction of sp³-hybridized carbons (Fsp3) is 0.364. The lowest BCUT2D eigenvalue weighted by molar-refractivity contribution is -0.151. The predicted octanol–water partition coefficient (Wildman–Crippen LogP) is 1.54. The third-order valence-electron chi connectivity index (χ3n) is 5.42. The number of carbonyl (C=O) groups excluding carboxylic acids is 3. The van der Waals surface area contributed by atoms with Gasteiger partial charge in [0, 0.05) is 25.2 Å². The number of sulfonamides is 1. The first kappa shape index (κ1) is 23.5. The molecule has 4 rings (SSSR count). The number of anilines is 1. The number of hydrogen-bond donors (Lipinski definition) is 2. The SMILES string of the molecule is O=C(COC(=O)[C@@H]1CCCN1C(=O)c1ccco1)Nc1cccc(S(=O)(=O)NC2=NCCC2)c1. The van der Waals surface area contributed by atoms with E-state index < -0.39 is 40.5 Å². The number of esters is 1. The van der Waals surface area contributed by atoms with Gasteiger partial charge in [-0.1, -0.05) is 6.07 Å². The van der Waals surface area contributed by atoms with Gasteiger partial charge >= 0.3 is 5.97 Å². The van der Waals surface area contributed by atoms with Gasteiger partial charge in [0.05, 0.1) is 11.2 Å². The van der Waals surface area contributed by atoms with Crippen LogP contribution >= 0.6 is 0 Å². The maximum absolute atomic E-state index is 12.5. The molecular formula is C22H24N4O7S. The van der Waals surface area contributed by atoms with Crippen molar-refractivity contribution in [1.82, 2.24) is 9.62 Å². The number of nitrogens with zero attached hydrogens (tertiary/aromatic N) is 2. The molecule has 1 atom stereocenters. The Balaban J connectivity index is 1.32. The fourth-order valence-corrected chi connectivity index (χ4v) is 4.94. The highest BCUT2D eigenvalue weighted by Gasteiger charge is 2.36. The second kappa shape index (κ2) is 10.1. The molecule has 12 heteroatoms. The van der Waals surface area contributed by atoms with Gasteiger partial charge in [0.2, 0.25) is 0 Å². The van der Waals surface area contributed by atoms with Crippen LogP contribution in [0.2, 0.25) is 0 Å². The molecule has 2 aliphatic heterocycles. The Morgan fingerprint density at radius 1 is 1.18 bits per heavy atom. The van der Waals surface area contributed by atoms with Gasteiger partial charge in [0.15, 0.2) is 12.4 Å². The normalized spacial score (nSPS) is 17.8. The van der Waals surface area contributed by atoms with Crippen molar-refractivity contribution in [1.29, 1.82) is 0 Å². The summed E-state index contributed by atoms with van der Waals surface area (Å²) in [6.07, 6.45) is 3.78. The van der Waals surface area contributed by atoms with Crippen molar-refractivity contribution in [3.63, 3.8) is 0 Å². The van der Waals surface area contributed by atoms with E-state index in [1.165, 1.54) is 41.5 Å². The zero-order valence-corrected chi connectivity index (χ0v) is 19.0. The van der Waals surface area contributed by atoms with Crippen molar-refractivity contribution >= 4 is 39.3 Å². The minimum Gasteiger partial charge on any atom is -0.459 e. The first-order valence-corrected chi connectivity index (χ1v) is 12.3. The zero-order valence-electron chi connectivity index (χ0n) is 18.2. The molecule has 1 fully saturated rings. The quantitative estimate of drug-likeness (QED) is 0.562. The number of carbonyl (C=O) groups is 3. The zero-order chi connectivity index (χ0) is 24.1. The highest BCUT2D eigenvalue weighted by Crippen LogP contribution is 2.22. The van der Waals surface area contributed by atoms with Crippen molar-refractivity contribution in [2.45, 2.75) is 36.6 Å². The summed E-state index contributed by atoms with van der Waals surface area (Å²) in [7, 11) is -3.83. The van der Waals surface area contributed by atoms with Gasteiger partial charge in [-0.3, -0.25) is 19.3 Å². The van der Waals surface area contributed by atoms with E-state index in [9.17, 15) is 22.8 Å². The van der Waals surface area contributed by atoms with Crippen LogP contribution in [0.4, 0.5) is 5.69 Å². The number of benzene rings is 1. The average molecular weight is 489 g/mol. The first-order chi connectivity index (χ1) is 16.3. The van der Waals surface area contributed by atoms with Gasteiger partial charge in [-0.05, 0) is 49.6 Å². The summed E-state index contributed by atoms with van der Waals surface area (Å²) in [6.45, 7) is 0.389. The molecule has 2 amide bonds. The number of amides is 2. The van der Waals surface area contributed by atoms with Gasteiger partial charge in [-0.25, -0.2) is 13.2 Å². The molecule has 3 heterocycles. The van der Waals surface area contributed by atoms with Crippen LogP contribution in [0.1, 0.15) is 36.2 Å². The van der Waals surface area contributed by atoms with Crippen LogP contribution in [-0.2, 0) is 24.3 Å². The smallest absolute Gasteiger partial charge is 0.329 e. The van der Waals surface area contributed by atoms with Crippen LogP contribution in [0.3, 0.4) is 0 Å². The molecule has 2 aromatic rings. The Hall–Kier alpha value is -3.67. The lowest BCUT2D eigenvalue weighted by atomic mass is 10.2. The average Bonchev–Trinajstić information content (AvgIpc) is 3.60. The maximum Gasteiger partial charge on any atom is 0.329 e. The van der Waals surface area contributed by atoms with Crippen LogP contribution < -0.4 is 10.0 Å². The molecule has 0 unspecified atom stereocenters. The topological polar surface area (TPSA) is 147 Å². The number of aliphatic imine (C=N–C) groups is 1. The highest BCUT2D eigenvalue weighted by molar-refractivity contribution is 7.90. The molecule has 0 aliphatic carbocycles. The predicted molar refractivity (Wildman–Crippen MR) is 121 cm³/mol. The molecule has 0 saturated carbocycles. The summed E-state index contributed by atoms with van der Waals surface area (Å²) in [4.78, 5) is 42.8. The van der Waals surface area contributed by atoms with Crippen LogP contribution in [0, 0.1) is 0 Å². The van der Waals surface area contributed by atoms with E-state index in [0.717, 1.165) is 6.42 Å². The summed E-state index contributed by atoms with van der Waals surface area (Å²) in [5.41, 5.74) is 0.229. The monoisotopic (exact) mass is 488 g/mol. The molecule has 2 aliphatic rings. The Morgan fingerprint density at radius 3 is 2.76 bits per heavy atom. The summed E-state index contributed by atoms with van der Waals surface area (Å²) < 4.78 is 37.8. The third kappa shape index (κ3) is 5.45. The van der Waals surface area contributed by atoms with Crippen LogP contribution in [0.5, 0.6) is 0 Å². The van der Waals surface area contributed by atoms with Crippen molar-refractivity contribution < 1.29 is 32.0 Å². The first-order valence-electron chi connectivity index (χ1n) is 10.8. The van der Waals surface area contributed by atoms with E-state index in [1.54, 1.807) is 6.07 Å². The van der Waals surface area contributed by atoms with Crippen LogP contribution in [-0.4, -0.2) is 62.7 Å². The Morgan fingerprint density at radius 2 is 2.03 bits per heavy atom. The molecule has 0 bridgehead atoms. The van der Waals surface area contributed by atoms with E-state index in [0.29, 0.717) is 38.2 Å². The molecule has 34 heavy (non-hydrogen) atoms. The van der Waals surface area contributed by atoms with Gasteiger partial charge in [-0.2, -0.15) is 0 Å². The Kier molecular flexibility index (Phi) is 6.96. The number of amidine groups is 1. The minimum absolute atomic E-state index is 0.0325. The second-order valence-corrected chi connectivity index (χ2v) is 9.54. The molecule has 180 valence electrons. The lowest BCUT2D eigenvalue weighted by Gasteiger charge is -2.22. The van der Waals surface area contributed by atoms with E-state index in [-0.39, 0.29) is 16.3 Å². The van der Waals surface area contributed by atoms with Crippen molar-refractivity contribution in [3.05, 3.63) is 48.4 Å². The number of rotatable bonds is 7. The van der Waals surface area contributed by atoms with Crippen molar-refractivity contribution in [3.8, 4) is 0 Å². The lowest BCUT2D eigenvalue weighted by Crippen LogP contribution is -2.42. The number of ether oxygens (including phenoxy) is 1. The fourth-order valence-electron chi connectivity index (χ4n) is 3.80. The molecule has 1 saturated heterocycles. The largest absolute Gasteiger partial charge is 0.459 e. The van der Waals surface area contributed by atoms with E-state index in [2.05, 4.69) is 15.0 Å². The summed E-state index contributed by atoms with van der Waals surface area (Å²) in [6, 6.07) is 8.01. The summed E-state index contributed by atoms with van der Waals surface area (Å²) in [5.74, 6) is -1.21. The van der Waals surface area contributed by atoms with E-state index in [1.807, 2.05) is 0 Å². The minimum atomic E-state index is -3.83. The summed E-state index contributed by atoms with van der Waals surface area (Å²) >= 11 is 0. The standard InChI is InChI=1S/C22H24N4O7S/c27-20(14-33-22(29)17-7-3-11-26(17)21(28)18-8-4-12-32-18)24-15-5-1-6-16(13-15)34(30,31)25-19-9-2-10-23-19/h1,4-6,8,12-13,17H,2-3,7,9-11,14H2,(H,23,25)(H,24,27)/t17-/m0/s1. The maximum atomic E-state index is 12.5. The molecule has 1 aromatic carbocycles. The molecule has 0 radical (unpaired) electrons. The van der Waals surface area contributed by atoms with Gasteiger partial charge in [-0.15, -0.1) is 0 Å². The third-order valence-corrected chi connectivity index (χ3v) is 6.80. The number of furan rings is 1. The van der Waals surface area contributed by atoms with Gasteiger partial charge in [0.1, 0.15) is 11.9 Å². The summed E-state index contributed by atoms with van der Waals surface area (Å²) in [5, 5.41) is 2.52. The van der Waals surface area contributed by atoms with Crippen molar-refractivity contribution in [2.24, 2.45) is 4.99 Å². The van der Waals surface area contributed by atoms with Gasteiger partial charge < -0.3 is 19.4 Å². The van der Waals surface area contributed by atoms with E-state index >= 15 is 0 Å².